The van der Waals surface area contributed by atoms with Crippen molar-refractivity contribution in [3.63, 3.8) is 0 Å². The molecule has 0 bridgehead atoms. The van der Waals surface area contributed by atoms with Crippen LogP contribution in [-0.2, 0) is 11.3 Å². The Morgan fingerprint density at radius 1 is 1.11 bits per heavy atom. The number of benzene rings is 2. The third-order valence-electron chi connectivity index (χ3n) is 3.74. The van der Waals surface area contributed by atoms with Gasteiger partial charge in [0.2, 0.25) is 5.91 Å². The lowest BCUT2D eigenvalue weighted by molar-refractivity contribution is -0.117. The van der Waals surface area contributed by atoms with Crippen LogP contribution in [0.25, 0.3) is 11.3 Å². The smallest absolute Gasteiger partial charge is 0.318 e. The summed E-state index contributed by atoms with van der Waals surface area (Å²) in [6.07, 6.45) is 1.76. The van der Waals surface area contributed by atoms with Crippen molar-refractivity contribution in [1.29, 1.82) is 0 Å². The number of hydrogen-bond donors (Lipinski definition) is 2. The maximum absolute atomic E-state index is 11.7. The van der Waals surface area contributed by atoms with Crippen molar-refractivity contribution in [2.45, 2.75) is 11.7 Å². The molecule has 0 aliphatic rings. The quantitative estimate of drug-likeness (QED) is 0.619. The van der Waals surface area contributed by atoms with Crippen molar-refractivity contribution in [3.05, 3.63) is 71.4 Å². The maximum atomic E-state index is 11.7. The van der Waals surface area contributed by atoms with E-state index >= 15 is 0 Å². The number of carbonyl (C=O) groups is 2. The molecule has 138 valence electrons. The van der Waals surface area contributed by atoms with E-state index in [9.17, 15) is 9.59 Å². The van der Waals surface area contributed by atoms with E-state index in [0.717, 1.165) is 16.8 Å². The van der Waals surface area contributed by atoms with Gasteiger partial charge in [-0.25, -0.2) is 9.78 Å². The van der Waals surface area contributed by atoms with Crippen LogP contribution in [0.15, 0.2) is 66.0 Å². The Morgan fingerprint density at radius 2 is 1.81 bits per heavy atom. The zero-order valence-corrected chi connectivity index (χ0v) is 15.8. The first-order chi connectivity index (χ1) is 13.0. The van der Waals surface area contributed by atoms with Gasteiger partial charge in [0.25, 0.3) is 0 Å². The molecule has 27 heavy (non-hydrogen) atoms. The third-order valence-corrected chi connectivity index (χ3v) is 4.98. The number of amides is 3. The Hall–Kier alpha value is -2.77. The molecule has 3 aromatic rings. The van der Waals surface area contributed by atoms with Crippen LogP contribution in [0.4, 0.5) is 4.79 Å². The predicted molar refractivity (Wildman–Crippen MR) is 107 cm³/mol. The van der Waals surface area contributed by atoms with E-state index in [1.54, 1.807) is 6.20 Å². The molecule has 1 aromatic heterocycles. The minimum atomic E-state index is -0.866. The van der Waals surface area contributed by atoms with Crippen LogP contribution < -0.4 is 11.1 Å². The highest BCUT2D eigenvalue weighted by Crippen LogP contribution is 2.28. The van der Waals surface area contributed by atoms with Gasteiger partial charge in [-0.2, -0.15) is 0 Å². The first-order valence-electron chi connectivity index (χ1n) is 8.10. The first kappa shape index (κ1) is 19.0. The second-order valence-corrected chi connectivity index (χ2v) is 7.08. The third kappa shape index (κ3) is 5.12. The second-order valence-electron chi connectivity index (χ2n) is 5.71. The molecule has 1 heterocycles. The van der Waals surface area contributed by atoms with Crippen LogP contribution >= 0.6 is 23.4 Å². The summed E-state index contributed by atoms with van der Waals surface area (Å²) in [5.74, 6) is -0.427. The number of halogens is 1. The molecule has 3 rings (SSSR count). The molecule has 0 atom stereocenters. The Morgan fingerprint density at radius 3 is 2.48 bits per heavy atom. The molecule has 3 N–H and O–H groups in total. The SMILES string of the molecule is NC(=O)NC(=O)CSc1ncc(-c2ccc(Cl)cc2)n1Cc1ccccc1. The lowest BCUT2D eigenvalue weighted by atomic mass is 10.1. The number of thioether (sulfide) groups is 1. The van der Waals surface area contributed by atoms with Crippen molar-refractivity contribution in [2.24, 2.45) is 5.73 Å². The minimum absolute atomic E-state index is 0.0365. The molecule has 0 spiro atoms. The summed E-state index contributed by atoms with van der Waals surface area (Å²) in [6, 6.07) is 16.6. The topological polar surface area (TPSA) is 90.0 Å². The molecule has 6 nitrogen and oxygen atoms in total. The van der Waals surface area contributed by atoms with E-state index < -0.39 is 11.9 Å². The molecular formula is C19H17ClN4O2S. The molecule has 0 unspecified atom stereocenters. The molecule has 0 radical (unpaired) electrons. The molecule has 0 saturated heterocycles. The van der Waals surface area contributed by atoms with Gasteiger partial charge in [0.1, 0.15) is 0 Å². The summed E-state index contributed by atoms with van der Waals surface area (Å²) >= 11 is 7.23. The summed E-state index contributed by atoms with van der Waals surface area (Å²) in [5.41, 5.74) is 7.96. The Kier molecular flexibility index (Phi) is 6.16. The molecular weight excluding hydrogens is 384 g/mol. The second kappa shape index (κ2) is 8.75. The van der Waals surface area contributed by atoms with Gasteiger partial charge >= 0.3 is 6.03 Å². The molecule has 2 aromatic carbocycles. The maximum Gasteiger partial charge on any atom is 0.318 e. The van der Waals surface area contributed by atoms with Crippen molar-refractivity contribution >= 4 is 35.3 Å². The minimum Gasteiger partial charge on any atom is -0.351 e. The van der Waals surface area contributed by atoms with Crippen molar-refractivity contribution in [2.75, 3.05) is 5.75 Å². The van der Waals surface area contributed by atoms with Gasteiger partial charge in [0, 0.05) is 5.02 Å². The van der Waals surface area contributed by atoms with E-state index in [0.29, 0.717) is 16.7 Å². The summed E-state index contributed by atoms with van der Waals surface area (Å²) in [7, 11) is 0. The zero-order valence-electron chi connectivity index (χ0n) is 14.3. The number of imidazole rings is 1. The number of nitrogens with one attached hydrogen (secondary N) is 1. The van der Waals surface area contributed by atoms with Crippen molar-refractivity contribution < 1.29 is 9.59 Å². The van der Waals surface area contributed by atoms with E-state index in [-0.39, 0.29) is 5.75 Å². The Balaban J connectivity index is 1.89. The van der Waals surface area contributed by atoms with Gasteiger partial charge in [-0.05, 0) is 23.3 Å². The van der Waals surface area contributed by atoms with E-state index in [1.165, 1.54) is 11.8 Å². The normalized spacial score (nSPS) is 10.6. The average Bonchev–Trinajstić information content (AvgIpc) is 3.03. The number of urea groups is 1. The van der Waals surface area contributed by atoms with Crippen molar-refractivity contribution in [3.8, 4) is 11.3 Å². The number of rotatable bonds is 6. The van der Waals surface area contributed by atoms with Crippen LogP contribution in [0.2, 0.25) is 5.02 Å². The number of nitrogens with zero attached hydrogens (tertiary/aromatic N) is 2. The molecule has 0 aliphatic heterocycles. The van der Waals surface area contributed by atoms with Crippen LogP contribution in [0.3, 0.4) is 0 Å². The van der Waals surface area contributed by atoms with E-state index in [1.807, 2.05) is 59.2 Å². The summed E-state index contributed by atoms with van der Waals surface area (Å²) in [6.45, 7) is 0.596. The van der Waals surface area contributed by atoms with Gasteiger partial charge in [0.15, 0.2) is 5.16 Å². The number of nitrogens with two attached hydrogens (primary N) is 1. The van der Waals surface area contributed by atoms with Gasteiger partial charge < -0.3 is 10.3 Å². The van der Waals surface area contributed by atoms with E-state index in [2.05, 4.69) is 10.3 Å². The number of hydrogen-bond acceptors (Lipinski definition) is 4. The first-order valence-corrected chi connectivity index (χ1v) is 9.47. The van der Waals surface area contributed by atoms with Crippen LogP contribution in [0, 0.1) is 0 Å². The summed E-state index contributed by atoms with van der Waals surface area (Å²) < 4.78 is 2.03. The highest BCUT2D eigenvalue weighted by molar-refractivity contribution is 7.99. The number of primary amides is 1. The number of carbonyl (C=O) groups excluding carboxylic acids is 2. The molecule has 0 aliphatic carbocycles. The monoisotopic (exact) mass is 400 g/mol. The fourth-order valence-corrected chi connectivity index (χ4v) is 3.45. The van der Waals surface area contributed by atoms with E-state index in [4.69, 9.17) is 17.3 Å². The highest BCUT2D eigenvalue weighted by Gasteiger charge is 2.15. The lowest BCUT2D eigenvalue weighted by Crippen LogP contribution is -2.36. The summed E-state index contributed by atoms with van der Waals surface area (Å²) in [4.78, 5) is 27.0. The fourth-order valence-electron chi connectivity index (χ4n) is 2.55. The Bertz CT molecular complexity index is 942. The fraction of sp³-hybridized carbons (Fsp3) is 0.105. The van der Waals surface area contributed by atoms with Gasteiger partial charge in [-0.15, -0.1) is 0 Å². The lowest BCUT2D eigenvalue weighted by Gasteiger charge is -2.12. The number of aromatic nitrogens is 2. The highest BCUT2D eigenvalue weighted by atomic mass is 35.5. The summed E-state index contributed by atoms with van der Waals surface area (Å²) in [5, 5.41) is 3.38. The van der Waals surface area contributed by atoms with Gasteiger partial charge in [-0.3, -0.25) is 10.1 Å². The molecule has 3 amide bonds. The molecule has 8 heteroatoms. The van der Waals surface area contributed by atoms with Crippen LogP contribution in [0.1, 0.15) is 5.56 Å². The Labute approximate surface area is 165 Å². The molecule has 0 fully saturated rings. The standard InChI is InChI=1S/C19H17ClN4O2S/c20-15-8-6-14(7-9-15)16-10-22-19(27-12-17(25)23-18(21)26)24(16)11-13-4-2-1-3-5-13/h1-10H,11-12H2,(H3,21,23,25,26). The van der Waals surface area contributed by atoms with Gasteiger partial charge in [0.05, 0.1) is 24.2 Å². The molecule has 0 saturated carbocycles. The largest absolute Gasteiger partial charge is 0.351 e. The zero-order chi connectivity index (χ0) is 19.2. The number of imide groups is 1. The van der Waals surface area contributed by atoms with Crippen LogP contribution in [0.5, 0.6) is 0 Å². The van der Waals surface area contributed by atoms with Crippen molar-refractivity contribution in [1.82, 2.24) is 14.9 Å². The average molecular weight is 401 g/mol. The predicted octanol–water partition coefficient (Wildman–Crippen LogP) is 3.54. The van der Waals surface area contributed by atoms with Crippen LogP contribution in [-0.4, -0.2) is 27.2 Å². The van der Waals surface area contributed by atoms with Gasteiger partial charge in [-0.1, -0.05) is 65.8 Å².